The number of likely N-dealkylation sites (N-methyl/N-ethyl adjacent to an activating group) is 1. The van der Waals surface area contributed by atoms with Crippen molar-refractivity contribution in [3.63, 3.8) is 0 Å². The van der Waals surface area contributed by atoms with E-state index in [0.29, 0.717) is 6.54 Å². The first-order chi connectivity index (χ1) is 7.82. The highest BCUT2D eigenvalue weighted by Gasteiger charge is 2.38. The molecule has 0 radical (unpaired) electrons. The van der Waals surface area contributed by atoms with E-state index in [4.69, 9.17) is 0 Å². The quantitative estimate of drug-likeness (QED) is 0.857. The summed E-state index contributed by atoms with van der Waals surface area (Å²) < 4.78 is 38.2. The molecule has 0 fully saturated rings. The second kappa shape index (κ2) is 5.54. The predicted octanol–water partition coefficient (Wildman–Crippen LogP) is 3.39. The lowest BCUT2D eigenvalue weighted by molar-refractivity contribution is -0.155. The van der Waals surface area contributed by atoms with Crippen molar-refractivity contribution in [1.29, 1.82) is 0 Å². The molecule has 1 aromatic carbocycles. The molecule has 1 atom stereocenters. The van der Waals surface area contributed by atoms with Crippen LogP contribution in [0.2, 0.25) is 0 Å². The fourth-order valence-corrected chi connectivity index (χ4v) is 1.97. The standard InChI is InChI=1S/C13H18F3N/c1-4-17-12(13(14,15)16)8-11-6-9(2)5-10(3)7-11/h5-7,12,17H,4,8H2,1-3H3. The van der Waals surface area contributed by atoms with Crippen molar-refractivity contribution < 1.29 is 13.2 Å². The second-order valence-electron chi connectivity index (χ2n) is 4.35. The fourth-order valence-electron chi connectivity index (χ4n) is 1.97. The maximum Gasteiger partial charge on any atom is 0.404 e. The van der Waals surface area contributed by atoms with E-state index in [1.165, 1.54) is 0 Å². The van der Waals surface area contributed by atoms with Gasteiger partial charge in [0.15, 0.2) is 0 Å². The van der Waals surface area contributed by atoms with Crippen LogP contribution in [-0.2, 0) is 6.42 Å². The van der Waals surface area contributed by atoms with Crippen LogP contribution < -0.4 is 5.32 Å². The first kappa shape index (κ1) is 14.0. The van der Waals surface area contributed by atoms with Gasteiger partial charge in [0.25, 0.3) is 0 Å². The molecular weight excluding hydrogens is 227 g/mol. The van der Waals surface area contributed by atoms with Crippen LogP contribution in [0.25, 0.3) is 0 Å². The van der Waals surface area contributed by atoms with Crippen LogP contribution in [0, 0.1) is 13.8 Å². The number of nitrogens with one attached hydrogen (secondary N) is 1. The monoisotopic (exact) mass is 245 g/mol. The molecule has 1 unspecified atom stereocenters. The highest BCUT2D eigenvalue weighted by molar-refractivity contribution is 5.29. The van der Waals surface area contributed by atoms with Crippen molar-refractivity contribution >= 4 is 0 Å². The molecule has 1 N–H and O–H groups in total. The average molecular weight is 245 g/mol. The molecule has 0 aliphatic carbocycles. The Labute approximate surface area is 100 Å². The van der Waals surface area contributed by atoms with Crippen LogP contribution in [-0.4, -0.2) is 18.8 Å². The van der Waals surface area contributed by atoms with E-state index in [2.05, 4.69) is 5.32 Å². The normalized spacial score (nSPS) is 13.8. The molecule has 0 amide bonds. The zero-order chi connectivity index (χ0) is 13.1. The lowest BCUT2D eigenvalue weighted by atomic mass is 10.0. The molecule has 0 saturated heterocycles. The minimum atomic E-state index is -4.20. The van der Waals surface area contributed by atoms with E-state index >= 15 is 0 Å². The van der Waals surface area contributed by atoms with Crippen LogP contribution in [0.15, 0.2) is 18.2 Å². The average Bonchev–Trinajstić information content (AvgIpc) is 2.13. The van der Waals surface area contributed by atoms with Gasteiger partial charge in [-0.3, -0.25) is 0 Å². The molecule has 0 aliphatic heterocycles. The number of rotatable bonds is 4. The Morgan fingerprint density at radius 1 is 1.12 bits per heavy atom. The summed E-state index contributed by atoms with van der Waals surface area (Å²) in [6.07, 6.45) is -4.21. The molecule has 17 heavy (non-hydrogen) atoms. The van der Waals surface area contributed by atoms with Gasteiger partial charge in [-0.1, -0.05) is 36.2 Å². The Morgan fingerprint density at radius 3 is 2.06 bits per heavy atom. The predicted molar refractivity (Wildman–Crippen MR) is 63.1 cm³/mol. The second-order valence-corrected chi connectivity index (χ2v) is 4.35. The van der Waals surface area contributed by atoms with Gasteiger partial charge < -0.3 is 5.32 Å². The summed E-state index contributed by atoms with van der Waals surface area (Å²) in [6, 6.07) is 4.11. The number of halogens is 3. The van der Waals surface area contributed by atoms with Gasteiger partial charge in [-0.15, -0.1) is 0 Å². The van der Waals surface area contributed by atoms with Crippen molar-refractivity contribution in [1.82, 2.24) is 5.32 Å². The van der Waals surface area contributed by atoms with E-state index < -0.39 is 12.2 Å². The summed E-state index contributed by atoms with van der Waals surface area (Å²) in [7, 11) is 0. The Morgan fingerprint density at radius 2 is 1.65 bits per heavy atom. The van der Waals surface area contributed by atoms with Crippen LogP contribution in [0.5, 0.6) is 0 Å². The molecule has 96 valence electrons. The zero-order valence-electron chi connectivity index (χ0n) is 10.4. The van der Waals surface area contributed by atoms with Gasteiger partial charge in [0.05, 0.1) is 0 Å². The SMILES string of the molecule is CCNC(Cc1cc(C)cc(C)c1)C(F)(F)F. The van der Waals surface area contributed by atoms with Crippen molar-refractivity contribution in [3.8, 4) is 0 Å². The molecule has 0 bridgehead atoms. The third-order valence-electron chi connectivity index (χ3n) is 2.57. The number of benzene rings is 1. The molecule has 4 heteroatoms. The first-order valence-electron chi connectivity index (χ1n) is 5.70. The molecule has 0 aromatic heterocycles. The smallest absolute Gasteiger partial charge is 0.306 e. The number of hydrogen-bond acceptors (Lipinski definition) is 1. The number of hydrogen-bond donors (Lipinski definition) is 1. The van der Waals surface area contributed by atoms with E-state index in [0.717, 1.165) is 16.7 Å². The van der Waals surface area contributed by atoms with Crippen molar-refractivity contribution in [2.45, 2.75) is 39.4 Å². The van der Waals surface area contributed by atoms with E-state index in [1.54, 1.807) is 6.92 Å². The number of aryl methyl sites for hydroxylation is 2. The van der Waals surface area contributed by atoms with Crippen LogP contribution >= 0.6 is 0 Å². The van der Waals surface area contributed by atoms with Crippen molar-refractivity contribution in [3.05, 3.63) is 34.9 Å². The molecule has 0 heterocycles. The Balaban J connectivity index is 2.86. The first-order valence-corrected chi connectivity index (χ1v) is 5.70. The van der Waals surface area contributed by atoms with Gasteiger partial charge in [0.2, 0.25) is 0 Å². The highest BCUT2D eigenvalue weighted by Crippen LogP contribution is 2.23. The minimum Gasteiger partial charge on any atom is -0.306 e. The maximum absolute atomic E-state index is 12.7. The van der Waals surface area contributed by atoms with Crippen molar-refractivity contribution in [2.24, 2.45) is 0 Å². The lowest BCUT2D eigenvalue weighted by Crippen LogP contribution is -2.43. The molecule has 0 aliphatic rings. The molecule has 1 rings (SSSR count). The van der Waals surface area contributed by atoms with Gasteiger partial charge in [-0.25, -0.2) is 0 Å². The molecule has 1 nitrogen and oxygen atoms in total. The topological polar surface area (TPSA) is 12.0 Å². The van der Waals surface area contributed by atoms with Crippen LogP contribution in [0.1, 0.15) is 23.6 Å². The third-order valence-corrected chi connectivity index (χ3v) is 2.57. The Bertz CT molecular complexity index is 351. The van der Waals surface area contributed by atoms with Crippen molar-refractivity contribution in [2.75, 3.05) is 6.54 Å². The van der Waals surface area contributed by atoms with Gasteiger partial charge in [0, 0.05) is 0 Å². The number of alkyl halides is 3. The summed E-state index contributed by atoms with van der Waals surface area (Å²) in [4.78, 5) is 0. The van der Waals surface area contributed by atoms with Crippen LogP contribution in [0.3, 0.4) is 0 Å². The van der Waals surface area contributed by atoms with Gasteiger partial charge in [-0.2, -0.15) is 13.2 Å². The highest BCUT2D eigenvalue weighted by atomic mass is 19.4. The fraction of sp³-hybridized carbons (Fsp3) is 0.538. The molecular formula is C13H18F3N. The summed E-state index contributed by atoms with van der Waals surface area (Å²) in [5.41, 5.74) is 2.72. The largest absolute Gasteiger partial charge is 0.404 e. The Kier molecular flexibility index (Phi) is 4.57. The maximum atomic E-state index is 12.7. The van der Waals surface area contributed by atoms with Gasteiger partial charge >= 0.3 is 6.18 Å². The minimum absolute atomic E-state index is 0.0140. The van der Waals surface area contributed by atoms with E-state index in [9.17, 15) is 13.2 Å². The van der Waals surface area contributed by atoms with E-state index in [-0.39, 0.29) is 6.42 Å². The van der Waals surface area contributed by atoms with E-state index in [1.807, 2.05) is 32.0 Å². The zero-order valence-corrected chi connectivity index (χ0v) is 10.4. The third kappa shape index (κ3) is 4.38. The summed E-state index contributed by atoms with van der Waals surface area (Å²) in [5, 5.41) is 2.48. The molecule has 1 aromatic rings. The molecule has 0 spiro atoms. The summed E-state index contributed by atoms with van der Waals surface area (Å²) >= 11 is 0. The summed E-state index contributed by atoms with van der Waals surface area (Å²) in [5.74, 6) is 0. The Hall–Kier alpha value is -1.03. The van der Waals surface area contributed by atoms with Crippen LogP contribution in [0.4, 0.5) is 13.2 Å². The molecule has 0 saturated carbocycles. The van der Waals surface area contributed by atoms with Gasteiger partial charge in [-0.05, 0) is 32.4 Å². The lowest BCUT2D eigenvalue weighted by Gasteiger charge is -2.21. The summed E-state index contributed by atoms with van der Waals surface area (Å²) in [6.45, 7) is 5.79. The van der Waals surface area contributed by atoms with Gasteiger partial charge in [0.1, 0.15) is 6.04 Å².